The molecule has 0 spiro atoms. The van der Waals surface area contributed by atoms with Gasteiger partial charge in [-0.25, -0.2) is 0 Å². The number of ketones is 1. The molecule has 0 aliphatic carbocycles. The third-order valence-corrected chi connectivity index (χ3v) is 3.97. The highest BCUT2D eigenvalue weighted by molar-refractivity contribution is 6.06. The lowest BCUT2D eigenvalue weighted by Gasteiger charge is -2.06. The molecule has 4 nitrogen and oxygen atoms in total. The summed E-state index contributed by atoms with van der Waals surface area (Å²) in [5.41, 5.74) is 2.67. The van der Waals surface area contributed by atoms with Gasteiger partial charge in [0.2, 0.25) is 0 Å². The Kier molecular flexibility index (Phi) is 5.64. The van der Waals surface area contributed by atoms with Gasteiger partial charge >= 0.3 is 0 Å². The van der Waals surface area contributed by atoms with E-state index in [1.165, 1.54) is 0 Å². The third-order valence-electron chi connectivity index (χ3n) is 3.97. The average Bonchev–Trinajstić information content (AvgIpc) is 3.17. The van der Waals surface area contributed by atoms with Crippen LogP contribution in [0.2, 0.25) is 0 Å². The third kappa shape index (κ3) is 4.70. The van der Waals surface area contributed by atoms with Gasteiger partial charge in [0.15, 0.2) is 5.78 Å². The maximum Gasteiger partial charge on any atom is 0.189 e. The van der Waals surface area contributed by atoms with Crippen LogP contribution < -0.4 is 4.74 Å². The van der Waals surface area contributed by atoms with Crippen LogP contribution in [-0.2, 0) is 6.61 Å². The van der Waals surface area contributed by atoms with Crippen LogP contribution in [0, 0.1) is 0 Å². The number of hydrogen-bond acceptors (Lipinski definition) is 3. The predicted molar refractivity (Wildman–Crippen MR) is 103 cm³/mol. The van der Waals surface area contributed by atoms with Crippen molar-refractivity contribution in [2.45, 2.75) is 26.5 Å². The molecule has 0 unspecified atom stereocenters. The average molecular weight is 346 g/mol. The summed E-state index contributed by atoms with van der Waals surface area (Å²) in [7, 11) is 0. The van der Waals surface area contributed by atoms with Gasteiger partial charge in [-0.2, -0.15) is 5.10 Å². The molecule has 3 aromatic rings. The van der Waals surface area contributed by atoms with Crippen LogP contribution >= 0.6 is 0 Å². The Morgan fingerprint density at radius 2 is 1.85 bits per heavy atom. The molecule has 3 rings (SSSR count). The first-order chi connectivity index (χ1) is 12.6. The van der Waals surface area contributed by atoms with Crippen LogP contribution in [0.1, 0.15) is 41.4 Å². The first-order valence-electron chi connectivity index (χ1n) is 8.65. The van der Waals surface area contributed by atoms with E-state index in [2.05, 4.69) is 5.10 Å². The van der Waals surface area contributed by atoms with Gasteiger partial charge in [-0.1, -0.05) is 48.5 Å². The second-order valence-corrected chi connectivity index (χ2v) is 6.34. The lowest BCUT2D eigenvalue weighted by atomic mass is 10.1. The molecule has 0 aliphatic heterocycles. The predicted octanol–water partition coefficient (Wildman–Crippen LogP) is 4.94. The lowest BCUT2D eigenvalue weighted by Crippen LogP contribution is -2.00. The number of aromatic nitrogens is 2. The molecule has 0 saturated heterocycles. The molecule has 1 heterocycles. The van der Waals surface area contributed by atoms with E-state index in [1.807, 2.05) is 68.4 Å². The Bertz CT molecular complexity index is 878. The summed E-state index contributed by atoms with van der Waals surface area (Å²) in [5, 5.41) is 4.19. The lowest BCUT2D eigenvalue weighted by molar-refractivity contribution is 0.104. The molecular formula is C22H22N2O2. The number of carbonyl (C=O) groups is 1. The van der Waals surface area contributed by atoms with E-state index in [0.717, 1.165) is 16.9 Å². The zero-order valence-electron chi connectivity index (χ0n) is 15.0. The van der Waals surface area contributed by atoms with Crippen molar-refractivity contribution in [3.05, 3.63) is 89.8 Å². The van der Waals surface area contributed by atoms with Crippen LogP contribution in [0.5, 0.6) is 5.75 Å². The van der Waals surface area contributed by atoms with Gasteiger partial charge in [0.1, 0.15) is 12.4 Å². The molecule has 4 heteroatoms. The summed E-state index contributed by atoms with van der Waals surface area (Å²) in [6.45, 7) is 4.59. The van der Waals surface area contributed by atoms with Crippen molar-refractivity contribution < 1.29 is 9.53 Å². The quantitative estimate of drug-likeness (QED) is 0.450. The van der Waals surface area contributed by atoms with Crippen LogP contribution in [0.4, 0.5) is 0 Å². The molecular weight excluding hydrogens is 324 g/mol. The maximum absolute atomic E-state index is 12.2. The molecule has 0 saturated carbocycles. The Morgan fingerprint density at radius 1 is 1.12 bits per heavy atom. The van der Waals surface area contributed by atoms with Crippen molar-refractivity contribution in [1.29, 1.82) is 0 Å². The van der Waals surface area contributed by atoms with E-state index in [1.54, 1.807) is 29.2 Å². The van der Waals surface area contributed by atoms with Gasteiger partial charge in [0.25, 0.3) is 0 Å². The van der Waals surface area contributed by atoms with Gasteiger partial charge < -0.3 is 4.74 Å². The van der Waals surface area contributed by atoms with Gasteiger partial charge in [-0.15, -0.1) is 0 Å². The van der Waals surface area contributed by atoms with Gasteiger partial charge in [0.05, 0.1) is 11.8 Å². The topological polar surface area (TPSA) is 44.1 Å². The molecule has 0 N–H and O–H groups in total. The molecule has 1 aromatic heterocycles. The van der Waals surface area contributed by atoms with E-state index in [-0.39, 0.29) is 11.8 Å². The second-order valence-electron chi connectivity index (χ2n) is 6.34. The van der Waals surface area contributed by atoms with Crippen LogP contribution in [0.15, 0.2) is 73.1 Å². The molecule has 0 amide bonds. The molecule has 0 aliphatic rings. The Balaban J connectivity index is 1.57. The van der Waals surface area contributed by atoms with Gasteiger partial charge in [-0.05, 0) is 43.2 Å². The van der Waals surface area contributed by atoms with E-state index in [0.29, 0.717) is 12.2 Å². The Morgan fingerprint density at radius 3 is 2.50 bits per heavy atom. The number of ether oxygens (including phenoxy) is 1. The Hall–Kier alpha value is -3.14. The first-order valence-corrected chi connectivity index (χ1v) is 8.65. The second kappa shape index (κ2) is 8.30. The summed E-state index contributed by atoms with van der Waals surface area (Å²) in [6, 6.07) is 18.0. The highest BCUT2D eigenvalue weighted by atomic mass is 16.5. The summed E-state index contributed by atoms with van der Waals surface area (Å²) < 4.78 is 7.54. The fraction of sp³-hybridized carbons (Fsp3) is 0.182. The van der Waals surface area contributed by atoms with Crippen molar-refractivity contribution in [3.63, 3.8) is 0 Å². The largest absolute Gasteiger partial charge is 0.489 e. The van der Waals surface area contributed by atoms with E-state index in [4.69, 9.17) is 4.74 Å². The molecule has 0 radical (unpaired) electrons. The van der Waals surface area contributed by atoms with Crippen LogP contribution in [0.3, 0.4) is 0 Å². The first kappa shape index (κ1) is 17.7. The summed E-state index contributed by atoms with van der Waals surface area (Å²) in [6.07, 6.45) is 6.75. The maximum atomic E-state index is 12.2. The Labute approximate surface area is 153 Å². The standard InChI is InChI=1S/C22H22N2O2/c1-17(2)24-15-20(14-23-24)22(25)13-10-18-8-11-21(12-9-18)26-16-19-6-4-3-5-7-19/h3-15,17H,16H2,1-2H3. The number of nitrogens with zero attached hydrogens (tertiary/aromatic N) is 2. The van der Waals surface area contributed by atoms with Gasteiger partial charge in [0, 0.05) is 12.2 Å². The van der Waals surface area contributed by atoms with Gasteiger partial charge in [-0.3, -0.25) is 9.48 Å². The molecule has 26 heavy (non-hydrogen) atoms. The minimum absolute atomic E-state index is 0.0543. The summed E-state index contributed by atoms with van der Waals surface area (Å²) >= 11 is 0. The highest BCUT2D eigenvalue weighted by Gasteiger charge is 2.07. The zero-order chi connectivity index (χ0) is 18.4. The normalized spacial score (nSPS) is 11.2. The SMILES string of the molecule is CC(C)n1cc(C(=O)C=Cc2ccc(OCc3ccccc3)cc2)cn1. The number of allylic oxidation sites excluding steroid dienone is 1. The number of rotatable bonds is 7. The van der Waals surface area contributed by atoms with E-state index in [9.17, 15) is 4.79 Å². The molecule has 2 aromatic carbocycles. The number of carbonyl (C=O) groups excluding carboxylic acids is 1. The molecule has 0 bridgehead atoms. The fourth-order valence-electron chi connectivity index (χ4n) is 2.43. The number of benzene rings is 2. The number of hydrogen-bond donors (Lipinski definition) is 0. The minimum Gasteiger partial charge on any atom is -0.489 e. The van der Waals surface area contributed by atoms with Crippen LogP contribution in [-0.4, -0.2) is 15.6 Å². The van der Waals surface area contributed by atoms with Crippen LogP contribution in [0.25, 0.3) is 6.08 Å². The van der Waals surface area contributed by atoms with E-state index < -0.39 is 0 Å². The molecule has 0 fully saturated rings. The monoisotopic (exact) mass is 346 g/mol. The molecule has 132 valence electrons. The zero-order valence-corrected chi connectivity index (χ0v) is 15.0. The van der Waals surface area contributed by atoms with Crippen molar-refractivity contribution in [2.75, 3.05) is 0 Å². The highest BCUT2D eigenvalue weighted by Crippen LogP contribution is 2.15. The fourth-order valence-corrected chi connectivity index (χ4v) is 2.43. The summed E-state index contributed by atoms with van der Waals surface area (Å²) in [5.74, 6) is 0.747. The summed E-state index contributed by atoms with van der Waals surface area (Å²) in [4.78, 5) is 12.2. The smallest absolute Gasteiger partial charge is 0.189 e. The van der Waals surface area contributed by atoms with Crippen molar-refractivity contribution in [3.8, 4) is 5.75 Å². The van der Waals surface area contributed by atoms with Crippen molar-refractivity contribution >= 4 is 11.9 Å². The van der Waals surface area contributed by atoms with E-state index >= 15 is 0 Å². The van der Waals surface area contributed by atoms with Crippen molar-refractivity contribution in [1.82, 2.24) is 9.78 Å². The molecule has 0 atom stereocenters. The minimum atomic E-state index is -0.0543. The van der Waals surface area contributed by atoms with Crippen molar-refractivity contribution in [2.24, 2.45) is 0 Å².